The van der Waals surface area contributed by atoms with Gasteiger partial charge in [0.25, 0.3) is 5.56 Å². The molecule has 8 heteroatoms. The van der Waals surface area contributed by atoms with Crippen molar-refractivity contribution in [1.82, 2.24) is 9.78 Å². The van der Waals surface area contributed by atoms with Gasteiger partial charge in [-0.05, 0) is 23.6 Å². The van der Waals surface area contributed by atoms with Crippen LogP contribution in [0.25, 0.3) is 16.1 Å². The zero-order valence-electron chi connectivity index (χ0n) is 12.2. The van der Waals surface area contributed by atoms with Crippen LogP contribution in [0.1, 0.15) is 6.42 Å². The van der Waals surface area contributed by atoms with E-state index in [4.69, 9.17) is 5.53 Å². The molecule has 1 aliphatic rings. The van der Waals surface area contributed by atoms with Crippen molar-refractivity contribution in [3.63, 3.8) is 0 Å². The van der Waals surface area contributed by atoms with Gasteiger partial charge >= 0.3 is 0 Å². The number of rotatable bonds is 4. The molecule has 2 heterocycles. The molecule has 1 fully saturated rings. The first-order valence-corrected chi connectivity index (χ1v) is 7.15. The Morgan fingerprint density at radius 1 is 1.26 bits per heavy atom. The molecule has 1 amide bonds. The minimum absolute atomic E-state index is 0.0324. The number of amides is 1. The summed E-state index contributed by atoms with van der Waals surface area (Å²) in [5.74, 6) is -0.128. The van der Waals surface area contributed by atoms with Crippen molar-refractivity contribution in [2.45, 2.75) is 6.42 Å². The number of aromatic nitrogens is 2. The molecule has 116 valence electrons. The van der Waals surface area contributed by atoms with Crippen LogP contribution in [0, 0.1) is 5.92 Å². The van der Waals surface area contributed by atoms with Gasteiger partial charge in [0.15, 0.2) is 0 Å². The summed E-state index contributed by atoms with van der Waals surface area (Å²) in [6.07, 6.45) is 1.81. The minimum Gasteiger partial charge on any atom is -0.310 e. The van der Waals surface area contributed by atoms with Gasteiger partial charge in [0.1, 0.15) is 0 Å². The van der Waals surface area contributed by atoms with Crippen LogP contribution in [0.4, 0.5) is 5.69 Å². The van der Waals surface area contributed by atoms with Crippen molar-refractivity contribution in [3.8, 4) is 5.69 Å². The molecule has 0 spiro atoms. The monoisotopic (exact) mass is 310 g/mol. The quantitative estimate of drug-likeness (QED) is 0.489. The predicted molar refractivity (Wildman–Crippen MR) is 84.3 cm³/mol. The predicted octanol–water partition coefficient (Wildman–Crippen LogP) is 1.90. The molecule has 0 bridgehead atoms. The van der Waals surface area contributed by atoms with Gasteiger partial charge < -0.3 is 4.90 Å². The average molecular weight is 310 g/mol. The molecule has 0 saturated carbocycles. The lowest BCUT2D eigenvalue weighted by atomic mass is 10.1. The summed E-state index contributed by atoms with van der Waals surface area (Å²) in [5, 5.41) is 7.65. The third-order valence-corrected chi connectivity index (χ3v) is 3.71. The van der Waals surface area contributed by atoms with E-state index >= 15 is 0 Å². The maximum absolute atomic E-state index is 12.3. The number of benzene rings is 1. The maximum atomic E-state index is 12.3. The van der Waals surface area contributed by atoms with Crippen LogP contribution in [-0.4, -0.2) is 28.8 Å². The molecular weight excluding hydrogens is 296 g/mol. The standard InChI is InChI=1S/C15H14N6O2/c16-19-17-8-11-6-14(22)20(10-11)13-7-15(23)21(18-9-13)12-4-2-1-3-5-12/h1-5,7,9,11H,6,8,10H2. The number of para-hydroxylation sites is 1. The SMILES string of the molecule is [N-]=[N+]=NCC1CC(=O)N(c2cnn(-c3ccccc3)c(=O)c2)C1. The highest BCUT2D eigenvalue weighted by atomic mass is 16.2. The first-order chi connectivity index (χ1) is 11.2. The van der Waals surface area contributed by atoms with Gasteiger partial charge in [-0.2, -0.15) is 9.78 Å². The number of anilines is 1. The number of azide groups is 1. The summed E-state index contributed by atoms with van der Waals surface area (Å²) >= 11 is 0. The highest BCUT2D eigenvalue weighted by Gasteiger charge is 2.30. The van der Waals surface area contributed by atoms with E-state index in [-0.39, 0.29) is 23.9 Å². The molecule has 2 aromatic rings. The first-order valence-electron chi connectivity index (χ1n) is 7.15. The van der Waals surface area contributed by atoms with Crippen LogP contribution in [0.15, 0.2) is 52.5 Å². The van der Waals surface area contributed by atoms with Crippen LogP contribution < -0.4 is 10.5 Å². The fraction of sp³-hybridized carbons (Fsp3) is 0.267. The third kappa shape index (κ3) is 3.07. The van der Waals surface area contributed by atoms with Crippen molar-refractivity contribution >= 4 is 11.6 Å². The van der Waals surface area contributed by atoms with Gasteiger partial charge in [-0.15, -0.1) is 0 Å². The second kappa shape index (κ2) is 6.33. The van der Waals surface area contributed by atoms with Crippen LogP contribution in [0.5, 0.6) is 0 Å². The lowest BCUT2D eigenvalue weighted by Crippen LogP contribution is -2.28. The normalized spacial score (nSPS) is 17.1. The van der Waals surface area contributed by atoms with Crippen molar-refractivity contribution in [1.29, 1.82) is 0 Å². The zero-order chi connectivity index (χ0) is 16.2. The smallest absolute Gasteiger partial charge is 0.273 e. The Hall–Kier alpha value is -3.12. The van der Waals surface area contributed by atoms with Crippen molar-refractivity contribution in [3.05, 3.63) is 63.4 Å². The molecule has 1 aliphatic heterocycles. The van der Waals surface area contributed by atoms with Gasteiger partial charge in [-0.3, -0.25) is 9.59 Å². The first kappa shape index (κ1) is 14.8. The van der Waals surface area contributed by atoms with E-state index in [1.165, 1.54) is 21.8 Å². The Bertz CT molecular complexity index is 825. The average Bonchev–Trinajstić information content (AvgIpc) is 2.94. The number of hydrogen-bond donors (Lipinski definition) is 0. The number of carbonyl (C=O) groups is 1. The Labute approximate surface area is 131 Å². The Kier molecular flexibility index (Phi) is 4.07. The van der Waals surface area contributed by atoms with Gasteiger partial charge in [0.2, 0.25) is 5.91 Å². The summed E-state index contributed by atoms with van der Waals surface area (Å²) in [5.41, 5.74) is 9.18. The van der Waals surface area contributed by atoms with Gasteiger partial charge in [0, 0.05) is 30.5 Å². The highest BCUT2D eigenvalue weighted by molar-refractivity contribution is 5.95. The molecule has 0 N–H and O–H groups in total. The third-order valence-electron chi connectivity index (χ3n) is 3.71. The molecule has 8 nitrogen and oxygen atoms in total. The second-order valence-electron chi connectivity index (χ2n) is 5.29. The van der Waals surface area contributed by atoms with Crippen LogP contribution in [0.2, 0.25) is 0 Å². The Morgan fingerprint density at radius 3 is 2.74 bits per heavy atom. The van der Waals surface area contributed by atoms with E-state index < -0.39 is 0 Å². The zero-order valence-corrected chi connectivity index (χ0v) is 12.2. The molecule has 1 aromatic carbocycles. The fourth-order valence-corrected chi connectivity index (χ4v) is 2.61. The summed E-state index contributed by atoms with van der Waals surface area (Å²) < 4.78 is 1.28. The molecule has 1 unspecified atom stereocenters. The lowest BCUT2D eigenvalue weighted by Gasteiger charge is -2.16. The molecule has 23 heavy (non-hydrogen) atoms. The van der Waals surface area contributed by atoms with E-state index in [9.17, 15) is 9.59 Å². The molecule has 3 rings (SSSR count). The number of hydrogen-bond acceptors (Lipinski definition) is 4. The maximum Gasteiger partial charge on any atom is 0.273 e. The van der Waals surface area contributed by atoms with Gasteiger partial charge in [0.05, 0.1) is 17.6 Å². The van der Waals surface area contributed by atoms with E-state index in [0.29, 0.717) is 24.3 Å². The van der Waals surface area contributed by atoms with Crippen LogP contribution in [0.3, 0.4) is 0 Å². The summed E-state index contributed by atoms with van der Waals surface area (Å²) in [7, 11) is 0. The van der Waals surface area contributed by atoms with Crippen molar-refractivity contribution < 1.29 is 4.79 Å². The topological polar surface area (TPSA) is 104 Å². The minimum atomic E-state index is -0.306. The summed E-state index contributed by atoms with van der Waals surface area (Å²) in [4.78, 5) is 28.5. The molecule has 1 atom stereocenters. The summed E-state index contributed by atoms with van der Waals surface area (Å²) in [6, 6.07) is 10.5. The Balaban J connectivity index is 1.85. The van der Waals surface area contributed by atoms with Crippen LogP contribution >= 0.6 is 0 Å². The molecule has 1 saturated heterocycles. The van der Waals surface area contributed by atoms with E-state index in [2.05, 4.69) is 15.1 Å². The number of nitrogens with zero attached hydrogens (tertiary/aromatic N) is 6. The van der Waals surface area contributed by atoms with E-state index in [0.717, 1.165) is 0 Å². The van der Waals surface area contributed by atoms with Gasteiger partial charge in [-0.1, -0.05) is 23.3 Å². The number of carbonyl (C=O) groups excluding carboxylic acids is 1. The molecule has 0 aliphatic carbocycles. The second-order valence-corrected chi connectivity index (χ2v) is 5.29. The Morgan fingerprint density at radius 2 is 2.04 bits per heavy atom. The van der Waals surface area contributed by atoms with Crippen molar-refractivity contribution in [2.75, 3.05) is 18.0 Å². The lowest BCUT2D eigenvalue weighted by molar-refractivity contribution is -0.117. The van der Waals surface area contributed by atoms with E-state index in [1.807, 2.05) is 18.2 Å². The van der Waals surface area contributed by atoms with Crippen LogP contribution in [-0.2, 0) is 4.79 Å². The van der Waals surface area contributed by atoms with Crippen molar-refractivity contribution in [2.24, 2.45) is 11.0 Å². The molecule has 0 radical (unpaired) electrons. The molecular formula is C15H14N6O2. The van der Waals surface area contributed by atoms with Gasteiger partial charge in [-0.25, -0.2) is 0 Å². The summed E-state index contributed by atoms with van der Waals surface area (Å²) in [6.45, 7) is 0.696. The largest absolute Gasteiger partial charge is 0.310 e. The molecule has 1 aromatic heterocycles. The van der Waals surface area contributed by atoms with E-state index in [1.54, 1.807) is 12.1 Å². The fourth-order valence-electron chi connectivity index (χ4n) is 2.61. The highest BCUT2D eigenvalue weighted by Crippen LogP contribution is 2.23.